The number of rotatable bonds is 38. The summed E-state index contributed by atoms with van der Waals surface area (Å²) in [5.74, 6) is 0.958. The third-order valence-electron chi connectivity index (χ3n) is 10.0. The molecule has 0 radical (unpaired) electrons. The van der Waals surface area contributed by atoms with Crippen LogP contribution in [0.4, 0.5) is 0 Å². The molecule has 0 fully saturated rings. The van der Waals surface area contributed by atoms with Crippen LogP contribution in [0.3, 0.4) is 0 Å². The first-order valence-corrected chi connectivity index (χ1v) is 21.0. The van der Waals surface area contributed by atoms with Gasteiger partial charge >= 0.3 is 0 Å². The van der Waals surface area contributed by atoms with Gasteiger partial charge in [0.25, 0.3) is 0 Å². The lowest BCUT2D eigenvalue weighted by Crippen LogP contribution is -1.95. The first kappa shape index (κ1) is 42.7. The molecule has 0 aliphatic carbocycles. The molecule has 0 amide bonds. The van der Waals surface area contributed by atoms with Crippen LogP contribution in [0.1, 0.15) is 258 Å². The van der Waals surface area contributed by atoms with Gasteiger partial charge in [0.05, 0.1) is 0 Å². The van der Waals surface area contributed by atoms with E-state index in [-0.39, 0.29) is 0 Å². The molecule has 0 aliphatic heterocycles. The lowest BCUT2D eigenvalue weighted by atomic mass is 9.95. The zero-order valence-corrected chi connectivity index (χ0v) is 30.9. The summed E-state index contributed by atoms with van der Waals surface area (Å²) in [6.45, 7) is 7.12. The molecule has 1 atom stereocenters. The third-order valence-corrected chi connectivity index (χ3v) is 10.0. The molecule has 0 bridgehead atoms. The molecular weight excluding hydrogens is 516 g/mol. The Morgan fingerprint density at radius 1 is 0.279 bits per heavy atom. The van der Waals surface area contributed by atoms with Gasteiger partial charge in [-0.05, 0) is 31.6 Å². The van der Waals surface area contributed by atoms with E-state index in [4.69, 9.17) is 0 Å². The summed E-state index contributed by atoms with van der Waals surface area (Å²) in [6, 6.07) is 0. The first-order chi connectivity index (χ1) is 21.3. The van der Waals surface area contributed by atoms with Crippen LogP contribution in [0.25, 0.3) is 0 Å². The van der Waals surface area contributed by atoms with Gasteiger partial charge in [0.1, 0.15) is 0 Å². The molecular formula is C43H86. The van der Waals surface area contributed by atoms with Crippen LogP contribution in [-0.4, -0.2) is 0 Å². The van der Waals surface area contributed by atoms with E-state index in [0.717, 1.165) is 5.92 Å². The Labute approximate surface area is 275 Å². The average molecular weight is 603 g/mol. The fourth-order valence-corrected chi connectivity index (χ4v) is 6.81. The normalized spacial score (nSPS) is 12.5. The van der Waals surface area contributed by atoms with Crippen molar-refractivity contribution in [2.24, 2.45) is 5.92 Å². The standard InChI is InChI=1S/C43H86/c1-4-6-8-10-12-14-16-17-18-19-20-21-22-23-24-25-26-27-28-29-30-31-32-34-36-38-40-42-43(3)41-39-37-35-33-15-13-11-9-7-5-2/h27-28,43H,4-26,29-42H2,1-3H3. The van der Waals surface area contributed by atoms with Gasteiger partial charge in [0, 0.05) is 0 Å². The van der Waals surface area contributed by atoms with Crippen molar-refractivity contribution in [3.8, 4) is 0 Å². The monoisotopic (exact) mass is 603 g/mol. The van der Waals surface area contributed by atoms with Gasteiger partial charge in [-0.1, -0.05) is 245 Å². The molecule has 0 heteroatoms. The lowest BCUT2D eigenvalue weighted by molar-refractivity contribution is 0.430. The van der Waals surface area contributed by atoms with Crippen molar-refractivity contribution in [3.05, 3.63) is 12.2 Å². The molecule has 0 N–H and O–H groups in total. The fraction of sp³-hybridized carbons (Fsp3) is 0.953. The van der Waals surface area contributed by atoms with E-state index in [9.17, 15) is 0 Å². The van der Waals surface area contributed by atoms with Gasteiger partial charge in [0.2, 0.25) is 0 Å². The molecule has 0 aromatic heterocycles. The van der Waals surface area contributed by atoms with Crippen LogP contribution in [0.5, 0.6) is 0 Å². The Morgan fingerprint density at radius 2 is 0.488 bits per heavy atom. The number of unbranched alkanes of at least 4 members (excludes halogenated alkanes) is 32. The molecule has 43 heavy (non-hydrogen) atoms. The van der Waals surface area contributed by atoms with Gasteiger partial charge in [-0.3, -0.25) is 0 Å². The van der Waals surface area contributed by atoms with Gasteiger partial charge in [-0.25, -0.2) is 0 Å². The SMILES string of the molecule is CCCCCCCCCCCCCCCCCCC=CCCCCCCCCCC(C)CCCCCCCCCCCC. The third kappa shape index (κ3) is 39.7. The highest BCUT2D eigenvalue weighted by Crippen LogP contribution is 2.19. The molecule has 0 saturated carbocycles. The number of hydrogen-bond donors (Lipinski definition) is 0. The molecule has 0 nitrogen and oxygen atoms in total. The van der Waals surface area contributed by atoms with Gasteiger partial charge < -0.3 is 0 Å². The Kier molecular flexibility index (Phi) is 39.5. The second-order valence-corrected chi connectivity index (χ2v) is 14.7. The molecule has 0 aromatic carbocycles. The van der Waals surface area contributed by atoms with Crippen molar-refractivity contribution in [2.75, 3.05) is 0 Å². The van der Waals surface area contributed by atoms with Crippen LogP contribution in [0.15, 0.2) is 12.2 Å². The average Bonchev–Trinajstić information content (AvgIpc) is 3.01. The lowest BCUT2D eigenvalue weighted by Gasteiger charge is -2.11. The van der Waals surface area contributed by atoms with Crippen molar-refractivity contribution in [1.29, 1.82) is 0 Å². The molecule has 0 aliphatic rings. The molecule has 1 unspecified atom stereocenters. The molecule has 0 saturated heterocycles. The van der Waals surface area contributed by atoms with Crippen LogP contribution in [0, 0.1) is 5.92 Å². The zero-order chi connectivity index (χ0) is 31.2. The van der Waals surface area contributed by atoms with Gasteiger partial charge in [-0.2, -0.15) is 0 Å². The summed E-state index contributed by atoms with van der Waals surface area (Å²) in [4.78, 5) is 0. The summed E-state index contributed by atoms with van der Waals surface area (Å²) in [7, 11) is 0. The molecule has 0 aromatic rings. The smallest absolute Gasteiger partial charge is 0.0351 e. The minimum atomic E-state index is 0.958. The molecule has 0 rings (SSSR count). The minimum Gasteiger partial charge on any atom is -0.0885 e. The van der Waals surface area contributed by atoms with Crippen LogP contribution < -0.4 is 0 Å². The Balaban J connectivity index is 3.17. The van der Waals surface area contributed by atoms with Gasteiger partial charge in [0.15, 0.2) is 0 Å². The van der Waals surface area contributed by atoms with Crippen molar-refractivity contribution >= 4 is 0 Å². The number of hydrogen-bond acceptors (Lipinski definition) is 0. The highest BCUT2D eigenvalue weighted by molar-refractivity contribution is 4.81. The highest BCUT2D eigenvalue weighted by atomic mass is 14.1. The maximum atomic E-state index is 2.50. The van der Waals surface area contributed by atoms with Gasteiger partial charge in [-0.15, -0.1) is 0 Å². The Hall–Kier alpha value is -0.260. The van der Waals surface area contributed by atoms with Crippen LogP contribution in [0.2, 0.25) is 0 Å². The summed E-state index contributed by atoms with van der Waals surface area (Å²) < 4.78 is 0. The van der Waals surface area contributed by atoms with E-state index in [2.05, 4.69) is 32.9 Å². The highest BCUT2D eigenvalue weighted by Gasteiger charge is 2.02. The maximum Gasteiger partial charge on any atom is -0.0351 e. The first-order valence-electron chi connectivity index (χ1n) is 21.0. The van der Waals surface area contributed by atoms with E-state index >= 15 is 0 Å². The van der Waals surface area contributed by atoms with E-state index in [1.165, 1.54) is 238 Å². The molecule has 0 heterocycles. The van der Waals surface area contributed by atoms with E-state index < -0.39 is 0 Å². The van der Waals surface area contributed by atoms with Crippen molar-refractivity contribution in [2.45, 2.75) is 258 Å². The summed E-state index contributed by atoms with van der Waals surface area (Å²) in [5.41, 5.74) is 0. The second-order valence-electron chi connectivity index (χ2n) is 14.7. The van der Waals surface area contributed by atoms with Crippen molar-refractivity contribution in [3.63, 3.8) is 0 Å². The summed E-state index contributed by atoms with van der Waals surface area (Å²) in [6.07, 6.45) is 58.8. The van der Waals surface area contributed by atoms with Crippen molar-refractivity contribution < 1.29 is 0 Å². The van der Waals surface area contributed by atoms with E-state index in [1.54, 1.807) is 0 Å². The largest absolute Gasteiger partial charge is 0.0885 e. The van der Waals surface area contributed by atoms with Crippen LogP contribution >= 0.6 is 0 Å². The molecule has 0 spiro atoms. The predicted molar refractivity (Wildman–Crippen MR) is 200 cm³/mol. The summed E-state index contributed by atoms with van der Waals surface area (Å²) >= 11 is 0. The fourth-order valence-electron chi connectivity index (χ4n) is 6.81. The quantitative estimate of drug-likeness (QED) is 0.0487. The Morgan fingerprint density at radius 3 is 0.744 bits per heavy atom. The zero-order valence-electron chi connectivity index (χ0n) is 30.9. The topological polar surface area (TPSA) is 0 Å². The maximum absolute atomic E-state index is 2.50. The van der Waals surface area contributed by atoms with Crippen LogP contribution in [-0.2, 0) is 0 Å². The van der Waals surface area contributed by atoms with E-state index in [1.807, 2.05) is 0 Å². The summed E-state index contributed by atoms with van der Waals surface area (Å²) in [5, 5.41) is 0. The van der Waals surface area contributed by atoms with Crippen molar-refractivity contribution in [1.82, 2.24) is 0 Å². The predicted octanol–water partition coefficient (Wildman–Crippen LogP) is 16.7. The van der Waals surface area contributed by atoms with E-state index in [0.29, 0.717) is 0 Å². The minimum absolute atomic E-state index is 0.958. The number of allylic oxidation sites excluding steroid dienone is 2. The second kappa shape index (κ2) is 39.8. The molecule has 258 valence electrons. The Bertz CT molecular complexity index is 490.